The van der Waals surface area contributed by atoms with Gasteiger partial charge in [0.2, 0.25) is 0 Å². The molecule has 236 valence electrons. The second kappa shape index (κ2) is 12.2. The van der Waals surface area contributed by atoms with Crippen molar-refractivity contribution in [2.24, 2.45) is 5.41 Å². The maximum Gasteiger partial charge on any atom is 0.337 e. The molecule has 1 fully saturated rings. The lowest BCUT2D eigenvalue weighted by atomic mass is 9.81. The lowest BCUT2D eigenvalue weighted by molar-refractivity contribution is -0.160. The summed E-state index contributed by atoms with van der Waals surface area (Å²) >= 11 is 0. The van der Waals surface area contributed by atoms with Crippen LogP contribution in [-0.4, -0.2) is 46.2 Å². The van der Waals surface area contributed by atoms with Crippen LogP contribution in [0, 0.1) is 32.0 Å². The van der Waals surface area contributed by atoms with E-state index in [9.17, 15) is 14.3 Å². The van der Waals surface area contributed by atoms with Gasteiger partial charge in [0.15, 0.2) is 6.10 Å². The largest absolute Gasteiger partial charge is 0.479 e. The number of pyridine rings is 1. The molecule has 3 aromatic rings. The number of rotatable bonds is 7. The molecule has 0 radical (unpaired) electrons. The third-order valence-corrected chi connectivity index (χ3v) is 9.20. The number of aliphatic carboxylic acids is 1. The highest BCUT2D eigenvalue weighted by Gasteiger charge is 2.36. The Morgan fingerprint density at radius 3 is 2.36 bits per heavy atom. The first kappa shape index (κ1) is 32.1. The molecule has 0 amide bonds. The molecule has 1 unspecified atom stereocenters. The van der Waals surface area contributed by atoms with Crippen molar-refractivity contribution in [3.05, 3.63) is 81.4 Å². The number of carbonyl (C=O) groups is 1. The summed E-state index contributed by atoms with van der Waals surface area (Å²) in [6.07, 6.45) is 1.80. The zero-order valence-electron chi connectivity index (χ0n) is 27.7. The van der Waals surface area contributed by atoms with E-state index < -0.39 is 17.7 Å². The van der Waals surface area contributed by atoms with E-state index in [4.69, 9.17) is 9.72 Å². The third kappa shape index (κ3) is 7.00. The van der Waals surface area contributed by atoms with Gasteiger partial charge in [-0.2, -0.15) is 0 Å². The van der Waals surface area contributed by atoms with Crippen molar-refractivity contribution in [2.75, 3.05) is 24.5 Å². The predicted molar refractivity (Wildman–Crippen MR) is 175 cm³/mol. The Balaban J connectivity index is 1.56. The van der Waals surface area contributed by atoms with Gasteiger partial charge in [0.25, 0.3) is 0 Å². The molecule has 1 aromatic heterocycles. The van der Waals surface area contributed by atoms with Crippen molar-refractivity contribution in [1.82, 2.24) is 9.88 Å². The molecule has 2 aromatic carbocycles. The fourth-order valence-corrected chi connectivity index (χ4v) is 6.65. The quantitative estimate of drug-likeness (QED) is 0.297. The molecule has 3 heterocycles. The maximum absolute atomic E-state index is 14.2. The summed E-state index contributed by atoms with van der Waals surface area (Å²) in [5, 5.41) is 10.5. The molecule has 1 saturated heterocycles. The smallest absolute Gasteiger partial charge is 0.337 e. The molecule has 7 heteroatoms. The van der Waals surface area contributed by atoms with Gasteiger partial charge < -0.3 is 14.7 Å². The number of nitrogens with zero attached hydrogens (tertiary/aromatic N) is 3. The van der Waals surface area contributed by atoms with Crippen LogP contribution in [0.25, 0.3) is 11.1 Å². The van der Waals surface area contributed by atoms with E-state index in [-0.39, 0.29) is 11.2 Å². The van der Waals surface area contributed by atoms with E-state index >= 15 is 0 Å². The number of hydrogen-bond acceptors (Lipinski definition) is 5. The fraction of sp³-hybridized carbons (Fsp3) is 0.514. The topological polar surface area (TPSA) is 65.9 Å². The summed E-state index contributed by atoms with van der Waals surface area (Å²) in [4.78, 5) is 22.5. The van der Waals surface area contributed by atoms with Crippen molar-refractivity contribution in [2.45, 2.75) is 99.4 Å². The molecular formula is C37H48FN3O3. The molecule has 0 bridgehead atoms. The molecule has 44 heavy (non-hydrogen) atoms. The second-order valence-electron chi connectivity index (χ2n) is 14.5. The van der Waals surface area contributed by atoms with Gasteiger partial charge >= 0.3 is 5.97 Å². The van der Waals surface area contributed by atoms with Crippen LogP contribution in [0.1, 0.15) is 92.8 Å². The number of anilines is 1. The third-order valence-electron chi connectivity index (χ3n) is 9.20. The zero-order valence-corrected chi connectivity index (χ0v) is 27.7. The average molecular weight is 602 g/mol. The summed E-state index contributed by atoms with van der Waals surface area (Å²) in [6, 6.07) is 12.2. The standard InChI is InChI=1S/C37H48FN3O3/c1-23-9-10-26(19-30(23)38)21-40-16-13-27-20-28(11-12-29(27)22-40)31-24(2)39-25(3)32(34(35(42)43)44-36(4,5)6)33(31)41-17-14-37(7,8)15-18-41/h9-12,19-20,34H,13-18,21-22H2,1-8H3,(H,42,43). The molecule has 5 rings (SSSR count). The molecular weight excluding hydrogens is 553 g/mol. The van der Waals surface area contributed by atoms with E-state index in [2.05, 4.69) is 41.8 Å². The van der Waals surface area contributed by atoms with Gasteiger partial charge in [-0.05, 0) is 100 Å². The molecule has 2 aliphatic heterocycles. The Morgan fingerprint density at radius 2 is 1.73 bits per heavy atom. The minimum Gasteiger partial charge on any atom is -0.479 e. The summed E-state index contributed by atoms with van der Waals surface area (Å²) in [7, 11) is 0. The van der Waals surface area contributed by atoms with Gasteiger partial charge in [-0.25, -0.2) is 9.18 Å². The first-order valence-electron chi connectivity index (χ1n) is 15.9. The van der Waals surface area contributed by atoms with Crippen LogP contribution >= 0.6 is 0 Å². The number of ether oxygens (including phenoxy) is 1. The highest BCUT2D eigenvalue weighted by Crippen LogP contribution is 2.45. The number of aryl methyl sites for hydroxylation is 3. The van der Waals surface area contributed by atoms with Crippen molar-refractivity contribution in [3.63, 3.8) is 0 Å². The van der Waals surface area contributed by atoms with E-state index in [0.29, 0.717) is 23.4 Å². The maximum atomic E-state index is 14.2. The summed E-state index contributed by atoms with van der Waals surface area (Å²) < 4.78 is 20.4. The number of carboxylic acid groups (broad SMARTS) is 1. The molecule has 0 aliphatic carbocycles. The molecule has 1 atom stereocenters. The molecule has 2 aliphatic rings. The van der Waals surface area contributed by atoms with Gasteiger partial charge in [0.05, 0.1) is 11.3 Å². The average Bonchev–Trinajstić information content (AvgIpc) is 2.93. The van der Waals surface area contributed by atoms with Crippen molar-refractivity contribution < 1.29 is 19.0 Å². The van der Waals surface area contributed by atoms with Crippen LogP contribution in [-0.2, 0) is 29.0 Å². The van der Waals surface area contributed by atoms with E-state index in [1.807, 2.05) is 46.8 Å². The zero-order chi connectivity index (χ0) is 32.0. The lowest BCUT2D eigenvalue weighted by Crippen LogP contribution is -2.39. The molecule has 6 nitrogen and oxygen atoms in total. The van der Waals surface area contributed by atoms with Gasteiger partial charge in [0.1, 0.15) is 5.82 Å². The molecule has 0 saturated carbocycles. The number of aromatic nitrogens is 1. The lowest BCUT2D eigenvalue weighted by Gasteiger charge is -2.41. The number of carboxylic acids is 1. The summed E-state index contributed by atoms with van der Waals surface area (Å²) in [5.41, 5.74) is 9.06. The van der Waals surface area contributed by atoms with Crippen molar-refractivity contribution in [3.8, 4) is 11.1 Å². The van der Waals surface area contributed by atoms with Gasteiger partial charge in [-0.15, -0.1) is 0 Å². The summed E-state index contributed by atoms with van der Waals surface area (Å²) in [5.74, 6) is -1.16. The number of piperidine rings is 1. The fourth-order valence-electron chi connectivity index (χ4n) is 6.65. The Labute approximate surface area is 262 Å². The summed E-state index contributed by atoms with van der Waals surface area (Å²) in [6.45, 7) is 20.1. The van der Waals surface area contributed by atoms with Crippen LogP contribution in [0.5, 0.6) is 0 Å². The van der Waals surface area contributed by atoms with Crippen LogP contribution in [0.3, 0.4) is 0 Å². The van der Waals surface area contributed by atoms with Crippen LogP contribution in [0.15, 0.2) is 36.4 Å². The Morgan fingerprint density at radius 1 is 1.02 bits per heavy atom. The van der Waals surface area contributed by atoms with Crippen LogP contribution in [0.2, 0.25) is 0 Å². The highest BCUT2D eigenvalue weighted by molar-refractivity contribution is 5.88. The Kier molecular flexibility index (Phi) is 8.94. The van der Waals surface area contributed by atoms with E-state index in [0.717, 1.165) is 73.5 Å². The Bertz CT molecular complexity index is 1550. The van der Waals surface area contributed by atoms with E-state index in [1.165, 1.54) is 11.1 Å². The second-order valence-corrected chi connectivity index (χ2v) is 14.5. The Hall–Kier alpha value is -3.29. The van der Waals surface area contributed by atoms with Crippen molar-refractivity contribution in [1.29, 1.82) is 0 Å². The SMILES string of the molecule is Cc1ccc(CN2CCc3cc(-c4c(C)nc(C)c(C(OC(C)(C)C)C(=O)O)c4N4CCC(C)(C)CC4)ccc3C2)cc1F. The van der Waals surface area contributed by atoms with E-state index in [1.54, 1.807) is 13.0 Å². The van der Waals surface area contributed by atoms with Crippen molar-refractivity contribution >= 4 is 11.7 Å². The number of benzene rings is 2. The first-order valence-corrected chi connectivity index (χ1v) is 15.9. The monoisotopic (exact) mass is 601 g/mol. The van der Waals surface area contributed by atoms with Crippen LogP contribution < -0.4 is 4.90 Å². The normalized spacial score (nSPS) is 17.8. The highest BCUT2D eigenvalue weighted by atomic mass is 19.1. The molecule has 1 N–H and O–H groups in total. The molecule has 0 spiro atoms. The predicted octanol–water partition coefficient (Wildman–Crippen LogP) is 7.94. The first-order chi connectivity index (χ1) is 20.6. The van der Waals surface area contributed by atoms with Gasteiger partial charge in [0, 0.05) is 55.2 Å². The number of halogens is 1. The number of hydrogen-bond donors (Lipinski definition) is 1. The number of fused-ring (bicyclic) bond motifs is 1. The minimum absolute atomic E-state index is 0.155. The van der Waals surface area contributed by atoms with Gasteiger partial charge in [-0.1, -0.05) is 44.2 Å². The van der Waals surface area contributed by atoms with Crippen LogP contribution in [0.4, 0.5) is 10.1 Å². The van der Waals surface area contributed by atoms with Gasteiger partial charge in [-0.3, -0.25) is 9.88 Å². The minimum atomic E-state index is -1.13.